The van der Waals surface area contributed by atoms with Gasteiger partial charge in [-0.25, -0.2) is 13.9 Å². The third-order valence-electron chi connectivity index (χ3n) is 4.15. The van der Waals surface area contributed by atoms with Crippen molar-refractivity contribution in [1.29, 1.82) is 0 Å². The van der Waals surface area contributed by atoms with Gasteiger partial charge in [-0.3, -0.25) is 0 Å². The minimum atomic E-state index is -4.50. The van der Waals surface area contributed by atoms with Crippen molar-refractivity contribution in [2.75, 3.05) is 5.75 Å². The first-order valence-electron chi connectivity index (χ1n) is 7.26. The maximum absolute atomic E-state index is 12.8. The molecule has 2 rings (SSSR count). The maximum atomic E-state index is 12.8. The lowest BCUT2D eigenvalue weighted by atomic mass is 9.71. The summed E-state index contributed by atoms with van der Waals surface area (Å²) in [6.45, 7) is 2.99. The number of aromatic nitrogens is 3. The molecule has 1 heterocycles. The number of benzene rings is 1. The molecule has 0 fully saturated rings. The fourth-order valence-electron chi connectivity index (χ4n) is 2.61. The van der Waals surface area contributed by atoms with Crippen molar-refractivity contribution < 1.29 is 27.0 Å². The van der Waals surface area contributed by atoms with Gasteiger partial charge < -0.3 is 9.66 Å². The second-order valence-electron chi connectivity index (χ2n) is 6.38. The van der Waals surface area contributed by atoms with E-state index in [2.05, 4.69) is 10.1 Å². The molecule has 0 aliphatic carbocycles. The van der Waals surface area contributed by atoms with E-state index in [9.17, 15) is 27.0 Å². The van der Waals surface area contributed by atoms with Gasteiger partial charge in [0.1, 0.15) is 18.3 Å². The monoisotopic (exact) mass is 377 g/mol. The predicted octanol–water partition coefficient (Wildman–Crippen LogP) is 2.43. The molecule has 0 saturated carbocycles. The number of rotatable bonds is 6. The quantitative estimate of drug-likeness (QED) is 0.755. The summed E-state index contributed by atoms with van der Waals surface area (Å²) < 4.78 is 60.2. The van der Waals surface area contributed by atoms with Crippen LogP contribution in [0, 0.1) is 5.41 Å². The van der Waals surface area contributed by atoms with Crippen LogP contribution in [0.1, 0.15) is 25.0 Å². The second-order valence-corrected chi connectivity index (χ2v) is 7.31. The van der Waals surface area contributed by atoms with E-state index in [1.165, 1.54) is 29.5 Å². The van der Waals surface area contributed by atoms with Crippen LogP contribution in [-0.2, 0) is 29.4 Å². The standard InChI is InChI=1S/C15H18F3N3O3S/c1-13(2,8-25(23)24)14(22,7-21-10-19-9-20-21)11-3-5-12(6-4-11)15(16,17)18/h3-6,9-10,22H,7-8H2,1-2H3,(H,23,24). The third-order valence-corrected chi connectivity index (χ3v) is 5.12. The van der Waals surface area contributed by atoms with Gasteiger partial charge in [-0.2, -0.15) is 18.3 Å². The van der Waals surface area contributed by atoms with Gasteiger partial charge in [0, 0.05) is 5.41 Å². The van der Waals surface area contributed by atoms with Crippen LogP contribution in [0.5, 0.6) is 0 Å². The van der Waals surface area contributed by atoms with Crippen LogP contribution in [-0.4, -0.2) is 34.4 Å². The van der Waals surface area contributed by atoms with Gasteiger partial charge in [-0.05, 0) is 17.7 Å². The van der Waals surface area contributed by atoms with E-state index in [4.69, 9.17) is 0 Å². The Balaban J connectivity index is 2.49. The molecular formula is C15H18F3N3O3S. The second kappa shape index (κ2) is 6.85. The molecule has 6 nitrogen and oxygen atoms in total. The Morgan fingerprint density at radius 2 is 1.72 bits per heavy atom. The molecule has 0 spiro atoms. The minimum absolute atomic E-state index is 0.136. The summed E-state index contributed by atoms with van der Waals surface area (Å²) >= 11 is -2.21. The molecule has 0 amide bonds. The van der Waals surface area contributed by atoms with Gasteiger partial charge in [-0.1, -0.05) is 26.0 Å². The Morgan fingerprint density at radius 3 is 2.16 bits per heavy atom. The molecule has 0 saturated heterocycles. The Labute approximate surface area is 145 Å². The SMILES string of the molecule is CC(C)(CS(=O)O)C(O)(Cn1cncn1)c1ccc(C(F)(F)F)cc1. The summed E-state index contributed by atoms with van der Waals surface area (Å²) in [5, 5.41) is 15.2. The predicted molar refractivity (Wildman–Crippen MR) is 84.8 cm³/mol. The van der Waals surface area contributed by atoms with Gasteiger partial charge in [-0.15, -0.1) is 0 Å². The highest BCUT2D eigenvalue weighted by Gasteiger charge is 2.47. The molecule has 138 valence electrons. The smallest absolute Gasteiger partial charge is 0.383 e. The van der Waals surface area contributed by atoms with Gasteiger partial charge in [0.2, 0.25) is 0 Å². The van der Waals surface area contributed by atoms with Crippen molar-refractivity contribution in [3.63, 3.8) is 0 Å². The third kappa shape index (κ3) is 4.25. The van der Waals surface area contributed by atoms with Crippen LogP contribution in [0.3, 0.4) is 0 Å². The lowest BCUT2D eigenvalue weighted by molar-refractivity contribution is -0.137. The molecule has 2 atom stereocenters. The van der Waals surface area contributed by atoms with Crippen LogP contribution in [0.25, 0.3) is 0 Å². The Bertz CT molecular complexity index is 733. The number of hydrogen-bond acceptors (Lipinski definition) is 4. The lowest BCUT2D eigenvalue weighted by Gasteiger charge is -2.42. The van der Waals surface area contributed by atoms with Crippen molar-refractivity contribution in [1.82, 2.24) is 14.8 Å². The summed E-state index contributed by atoms with van der Waals surface area (Å²) in [5.41, 5.74) is -3.55. The number of nitrogens with zero attached hydrogens (tertiary/aromatic N) is 3. The van der Waals surface area contributed by atoms with E-state index in [0.29, 0.717) is 0 Å². The van der Waals surface area contributed by atoms with Crippen molar-refractivity contribution in [3.05, 3.63) is 48.0 Å². The van der Waals surface area contributed by atoms with E-state index < -0.39 is 33.8 Å². The Morgan fingerprint density at radius 1 is 1.16 bits per heavy atom. The van der Waals surface area contributed by atoms with Gasteiger partial charge in [0.05, 0.1) is 17.9 Å². The Hall–Kier alpha value is -1.78. The number of aliphatic hydroxyl groups is 1. The van der Waals surface area contributed by atoms with Crippen molar-refractivity contribution in [3.8, 4) is 0 Å². The maximum Gasteiger partial charge on any atom is 0.416 e. The van der Waals surface area contributed by atoms with Gasteiger partial charge >= 0.3 is 6.18 Å². The van der Waals surface area contributed by atoms with Gasteiger partial charge in [0.25, 0.3) is 0 Å². The summed E-state index contributed by atoms with van der Waals surface area (Å²) in [6.07, 6.45) is -1.89. The minimum Gasteiger partial charge on any atom is -0.383 e. The first kappa shape index (κ1) is 19.5. The lowest BCUT2D eigenvalue weighted by Crippen LogP contribution is -2.48. The van der Waals surface area contributed by atoms with E-state index in [1.807, 2.05) is 0 Å². The molecule has 0 aliphatic rings. The van der Waals surface area contributed by atoms with Crippen molar-refractivity contribution in [2.24, 2.45) is 5.41 Å². The average molecular weight is 377 g/mol. The highest BCUT2D eigenvalue weighted by molar-refractivity contribution is 7.79. The molecule has 2 N–H and O–H groups in total. The highest BCUT2D eigenvalue weighted by Crippen LogP contribution is 2.42. The fraction of sp³-hybridized carbons (Fsp3) is 0.467. The first-order valence-corrected chi connectivity index (χ1v) is 8.53. The molecule has 0 bridgehead atoms. The molecule has 0 radical (unpaired) electrons. The Kier molecular flexibility index (Phi) is 5.35. The molecule has 2 aromatic rings. The van der Waals surface area contributed by atoms with Gasteiger partial charge in [0.15, 0.2) is 11.1 Å². The van der Waals surface area contributed by atoms with E-state index in [-0.39, 0.29) is 17.9 Å². The molecule has 1 aromatic heterocycles. The number of halogens is 3. The number of alkyl halides is 3. The molecule has 10 heteroatoms. The van der Waals surface area contributed by atoms with Crippen molar-refractivity contribution >= 4 is 11.1 Å². The normalized spacial score (nSPS) is 16.4. The summed E-state index contributed by atoms with van der Waals surface area (Å²) in [5.74, 6) is -0.279. The molecule has 25 heavy (non-hydrogen) atoms. The molecule has 0 aliphatic heterocycles. The topological polar surface area (TPSA) is 88.2 Å². The van der Waals surface area contributed by atoms with Crippen LogP contribution >= 0.6 is 0 Å². The van der Waals surface area contributed by atoms with E-state index in [0.717, 1.165) is 12.1 Å². The van der Waals surface area contributed by atoms with Crippen LogP contribution < -0.4 is 0 Å². The first-order chi connectivity index (χ1) is 11.5. The highest BCUT2D eigenvalue weighted by atomic mass is 32.2. The number of hydrogen-bond donors (Lipinski definition) is 2. The van der Waals surface area contributed by atoms with Crippen molar-refractivity contribution in [2.45, 2.75) is 32.2 Å². The molecule has 1 aromatic carbocycles. The van der Waals surface area contributed by atoms with Crippen LogP contribution in [0.4, 0.5) is 13.2 Å². The molecular weight excluding hydrogens is 359 g/mol. The van der Waals surface area contributed by atoms with E-state index >= 15 is 0 Å². The summed E-state index contributed by atoms with van der Waals surface area (Å²) in [7, 11) is 0. The fourth-order valence-corrected chi connectivity index (χ4v) is 3.46. The van der Waals surface area contributed by atoms with Crippen LogP contribution in [0.2, 0.25) is 0 Å². The summed E-state index contributed by atoms with van der Waals surface area (Å²) in [4.78, 5) is 3.77. The summed E-state index contributed by atoms with van der Waals surface area (Å²) in [6, 6.07) is 4.07. The zero-order chi connectivity index (χ0) is 18.9. The largest absolute Gasteiger partial charge is 0.416 e. The zero-order valence-corrected chi connectivity index (χ0v) is 14.4. The zero-order valence-electron chi connectivity index (χ0n) is 13.6. The van der Waals surface area contributed by atoms with E-state index in [1.54, 1.807) is 13.8 Å². The van der Waals surface area contributed by atoms with Crippen LogP contribution in [0.15, 0.2) is 36.9 Å². The molecule has 2 unspecified atom stereocenters. The average Bonchev–Trinajstić information content (AvgIpc) is 2.97.